The number of sulfone groups is 1. The maximum absolute atomic E-state index is 13.4. The molecule has 0 radical (unpaired) electrons. The number of benzene rings is 2. The Balaban J connectivity index is 2.10. The van der Waals surface area contributed by atoms with Gasteiger partial charge in [-0.15, -0.1) is 0 Å². The van der Waals surface area contributed by atoms with E-state index in [0.717, 1.165) is 16.6 Å². The van der Waals surface area contributed by atoms with Gasteiger partial charge in [-0.25, -0.2) is 8.42 Å². The minimum Gasteiger partial charge on any atom is -0.306 e. The molecule has 0 aliphatic rings. The highest BCUT2D eigenvalue weighted by Gasteiger charge is 2.23. The SMILES string of the molecule is Cc1cc(C(=O)N(c2ccc(S(C)(=O)=O)cc2)C(C)C)c2ccccc2n1. The molecule has 0 spiro atoms. The van der Waals surface area contributed by atoms with Crippen molar-refractivity contribution in [2.75, 3.05) is 11.2 Å². The standard InChI is InChI=1S/C21H22N2O3S/c1-14(2)23(16-9-11-17(12-10-16)27(4,25)26)21(24)19-13-15(3)22-20-8-6-5-7-18(19)20/h5-14H,1-4H3. The third-order valence-electron chi connectivity index (χ3n) is 4.35. The van der Waals surface area contributed by atoms with Gasteiger partial charge in [-0.1, -0.05) is 18.2 Å². The first-order chi connectivity index (χ1) is 12.7. The number of aromatic nitrogens is 1. The number of nitrogens with zero attached hydrogens (tertiary/aromatic N) is 2. The van der Waals surface area contributed by atoms with Crippen molar-refractivity contribution in [3.05, 3.63) is 65.9 Å². The van der Waals surface area contributed by atoms with Gasteiger partial charge in [0.25, 0.3) is 5.91 Å². The van der Waals surface area contributed by atoms with Crippen LogP contribution in [0.3, 0.4) is 0 Å². The predicted molar refractivity (Wildman–Crippen MR) is 108 cm³/mol. The second-order valence-electron chi connectivity index (χ2n) is 6.86. The summed E-state index contributed by atoms with van der Waals surface area (Å²) in [7, 11) is -3.28. The largest absolute Gasteiger partial charge is 0.306 e. The van der Waals surface area contributed by atoms with E-state index >= 15 is 0 Å². The molecule has 3 aromatic rings. The van der Waals surface area contributed by atoms with Crippen molar-refractivity contribution in [3.8, 4) is 0 Å². The van der Waals surface area contributed by atoms with Crippen molar-refractivity contribution in [1.82, 2.24) is 4.98 Å². The zero-order chi connectivity index (χ0) is 19.8. The normalized spacial score (nSPS) is 11.7. The molecule has 0 saturated heterocycles. The topological polar surface area (TPSA) is 67.3 Å². The highest BCUT2D eigenvalue weighted by Crippen LogP contribution is 2.26. The van der Waals surface area contributed by atoms with E-state index in [2.05, 4.69) is 4.98 Å². The first kappa shape index (κ1) is 19.0. The molecular weight excluding hydrogens is 360 g/mol. The van der Waals surface area contributed by atoms with E-state index in [-0.39, 0.29) is 16.8 Å². The molecule has 6 heteroatoms. The molecule has 0 aliphatic heterocycles. The third kappa shape index (κ3) is 3.85. The average molecular weight is 382 g/mol. The lowest BCUT2D eigenvalue weighted by atomic mass is 10.1. The van der Waals surface area contributed by atoms with Crippen LogP contribution in [0.4, 0.5) is 5.69 Å². The van der Waals surface area contributed by atoms with Gasteiger partial charge in [0.1, 0.15) is 0 Å². The summed E-state index contributed by atoms with van der Waals surface area (Å²) in [5.74, 6) is -0.140. The monoisotopic (exact) mass is 382 g/mol. The summed E-state index contributed by atoms with van der Waals surface area (Å²) < 4.78 is 23.4. The van der Waals surface area contributed by atoms with Crippen molar-refractivity contribution >= 4 is 32.3 Å². The second-order valence-corrected chi connectivity index (χ2v) is 8.88. The molecule has 0 saturated carbocycles. The summed E-state index contributed by atoms with van der Waals surface area (Å²) in [6.45, 7) is 5.72. The number of aryl methyl sites for hydroxylation is 1. The van der Waals surface area contributed by atoms with Crippen LogP contribution in [0.2, 0.25) is 0 Å². The Labute approximate surface area is 159 Å². The van der Waals surface area contributed by atoms with Crippen LogP contribution >= 0.6 is 0 Å². The van der Waals surface area contributed by atoms with Gasteiger partial charge in [0.2, 0.25) is 0 Å². The first-order valence-corrected chi connectivity index (χ1v) is 10.6. The minimum absolute atomic E-state index is 0.103. The van der Waals surface area contributed by atoms with Crippen LogP contribution in [0.25, 0.3) is 10.9 Å². The van der Waals surface area contributed by atoms with Crippen molar-refractivity contribution in [1.29, 1.82) is 0 Å². The number of pyridine rings is 1. The van der Waals surface area contributed by atoms with E-state index in [1.54, 1.807) is 23.1 Å². The molecule has 0 N–H and O–H groups in total. The van der Waals surface area contributed by atoms with Crippen LogP contribution in [0.5, 0.6) is 0 Å². The highest BCUT2D eigenvalue weighted by atomic mass is 32.2. The van der Waals surface area contributed by atoms with Crippen molar-refractivity contribution in [2.45, 2.75) is 31.7 Å². The zero-order valence-electron chi connectivity index (χ0n) is 15.8. The maximum atomic E-state index is 13.4. The quantitative estimate of drug-likeness (QED) is 0.684. The van der Waals surface area contributed by atoms with E-state index in [0.29, 0.717) is 11.3 Å². The molecule has 1 amide bonds. The summed E-state index contributed by atoms with van der Waals surface area (Å²) in [5.41, 5.74) is 2.78. The van der Waals surface area contributed by atoms with Crippen molar-refractivity contribution in [2.24, 2.45) is 0 Å². The maximum Gasteiger partial charge on any atom is 0.259 e. The van der Waals surface area contributed by atoms with Crippen LogP contribution in [0.15, 0.2) is 59.5 Å². The number of para-hydroxylation sites is 1. The molecule has 5 nitrogen and oxygen atoms in total. The van der Waals surface area contributed by atoms with E-state index in [1.807, 2.05) is 45.0 Å². The Hall–Kier alpha value is -2.73. The van der Waals surface area contributed by atoms with Gasteiger partial charge in [0.05, 0.1) is 16.0 Å². The van der Waals surface area contributed by atoms with E-state index in [1.165, 1.54) is 18.4 Å². The summed E-state index contributed by atoms with van der Waals surface area (Å²) in [5, 5.41) is 0.798. The van der Waals surface area contributed by atoms with Crippen LogP contribution < -0.4 is 4.90 Å². The first-order valence-electron chi connectivity index (χ1n) is 8.68. The Morgan fingerprint density at radius 1 is 1.04 bits per heavy atom. The average Bonchev–Trinajstić information content (AvgIpc) is 2.60. The second kappa shape index (κ2) is 7.12. The molecule has 0 bridgehead atoms. The van der Waals surface area contributed by atoms with Gasteiger partial charge in [-0.05, 0) is 57.2 Å². The Morgan fingerprint density at radius 3 is 2.26 bits per heavy atom. The van der Waals surface area contributed by atoms with E-state index < -0.39 is 9.84 Å². The fraction of sp³-hybridized carbons (Fsp3) is 0.238. The number of amides is 1. The van der Waals surface area contributed by atoms with Gasteiger partial charge in [0, 0.05) is 29.1 Å². The Morgan fingerprint density at radius 2 is 1.67 bits per heavy atom. The molecule has 0 aliphatic carbocycles. The summed E-state index contributed by atoms with van der Waals surface area (Å²) >= 11 is 0. The smallest absolute Gasteiger partial charge is 0.259 e. The molecule has 0 atom stereocenters. The summed E-state index contributed by atoms with van der Waals surface area (Å²) in [6.07, 6.45) is 1.17. The number of anilines is 1. The zero-order valence-corrected chi connectivity index (χ0v) is 16.6. The van der Waals surface area contributed by atoms with Crippen LogP contribution in [0, 0.1) is 6.92 Å². The molecule has 2 aromatic carbocycles. The van der Waals surface area contributed by atoms with E-state index in [9.17, 15) is 13.2 Å². The molecule has 0 fully saturated rings. The fourth-order valence-corrected chi connectivity index (χ4v) is 3.75. The highest BCUT2D eigenvalue weighted by molar-refractivity contribution is 7.90. The number of rotatable bonds is 4. The van der Waals surface area contributed by atoms with E-state index in [4.69, 9.17) is 0 Å². The molecule has 1 aromatic heterocycles. The number of carbonyl (C=O) groups is 1. The van der Waals surface area contributed by atoms with Crippen molar-refractivity contribution in [3.63, 3.8) is 0 Å². The molecule has 140 valence electrons. The number of carbonyl (C=O) groups excluding carboxylic acids is 1. The molecule has 1 heterocycles. The number of hydrogen-bond acceptors (Lipinski definition) is 4. The summed E-state index contributed by atoms with van der Waals surface area (Å²) in [4.78, 5) is 19.8. The lowest BCUT2D eigenvalue weighted by molar-refractivity contribution is 0.0981. The van der Waals surface area contributed by atoms with Crippen molar-refractivity contribution < 1.29 is 13.2 Å². The lowest BCUT2D eigenvalue weighted by Crippen LogP contribution is -2.37. The summed E-state index contributed by atoms with van der Waals surface area (Å²) in [6, 6.07) is 15.7. The number of hydrogen-bond donors (Lipinski definition) is 0. The molecule has 0 unspecified atom stereocenters. The Kier molecular flexibility index (Phi) is 5.02. The van der Waals surface area contributed by atoms with Gasteiger partial charge >= 0.3 is 0 Å². The Bertz CT molecular complexity index is 1100. The third-order valence-corrected chi connectivity index (χ3v) is 5.48. The number of fused-ring (bicyclic) bond motifs is 1. The van der Waals surface area contributed by atoms with Gasteiger partial charge in [0.15, 0.2) is 9.84 Å². The van der Waals surface area contributed by atoms with Crippen LogP contribution in [-0.2, 0) is 9.84 Å². The molecular formula is C21H22N2O3S. The minimum atomic E-state index is -3.28. The van der Waals surface area contributed by atoms with Crippen LogP contribution in [-0.4, -0.2) is 31.6 Å². The predicted octanol–water partition coefficient (Wildman–Crippen LogP) is 4.00. The lowest BCUT2D eigenvalue weighted by Gasteiger charge is -2.27. The van der Waals surface area contributed by atoms with Gasteiger partial charge in [-0.3, -0.25) is 9.78 Å². The van der Waals surface area contributed by atoms with Crippen LogP contribution in [0.1, 0.15) is 29.9 Å². The van der Waals surface area contributed by atoms with Gasteiger partial charge in [-0.2, -0.15) is 0 Å². The fourth-order valence-electron chi connectivity index (χ4n) is 3.12. The molecule has 27 heavy (non-hydrogen) atoms. The van der Waals surface area contributed by atoms with Gasteiger partial charge < -0.3 is 4.90 Å². The molecule has 3 rings (SSSR count).